The fraction of sp³-hybridized carbons (Fsp3) is 0.500. The van der Waals surface area contributed by atoms with Crippen LogP contribution in [-0.4, -0.2) is 34.2 Å². The number of hydrogen-bond acceptors (Lipinski definition) is 3. The van der Waals surface area contributed by atoms with Crippen LogP contribution in [0.2, 0.25) is 0 Å². The highest BCUT2D eigenvalue weighted by Crippen LogP contribution is 2.16. The van der Waals surface area contributed by atoms with Crippen molar-refractivity contribution in [1.29, 1.82) is 0 Å². The standard InChI is InChI=1S/C14H22N2O2S/c1-10(2)15-13-8-6-5-7-12(13)14(17)16-11(3)9-19(4)18/h5-8,10-11,15H,9H2,1-4H3,(H,16,17). The number of rotatable bonds is 6. The van der Waals surface area contributed by atoms with E-state index in [-0.39, 0.29) is 18.0 Å². The van der Waals surface area contributed by atoms with Gasteiger partial charge in [0.25, 0.3) is 5.91 Å². The van der Waals surface area contributed by atoms with Crippen molar-refractivity contribution in [3.63, 3.8) is 0 Å². The Morgan fingerprint density at radius 1 is 1.26 bits per heavy atom. The van der Waals surface area contributed by atoms with Gasteiger partial charge in [0, 0.05) is 40.6 Å². The van der Waals surface area contributed by atoms with E-state index in [1.807, 2.05) is 39.0 Å². The van der Waals surface area contributed by atoms with Crippen LogP contribution in [0.5, 0.6) is 0 Å². The van der Waals surface area contributed by atoms with Gasteiger partial charge in [-0.3, -0.25) is 9.00 Å². The topological polar surface area (TPSA) is 58.2 Å². The summed E-state index contributed by atoms with van der Waals surface area (Å²) in [5.74, 6) is 0.326. The molecule has 2 N–H and O–H groups in total. The minimum absolute atomic E-state index is 0.106. The Hall–Kier alpha value is -1.36. The summed E-state index contributed by atoms with van der Waals surface area (Å²) in [7, 11) is -0.913. The number of para-hydroxylation sites is 1. The van der Waals surface area contributed by atoms with E-state index < -0.39 is 10.8 Å². The molecule has 1 aromatic rings. The maximum Gasteiger partial charge on any atom is 0.253 e. The lowest BCUT2D eigenvalue weighted by Crippen LogP contribution is -2.36. The molecule has 19 heavy (non-hydrogen) atoms. The van der Waals surface area contributed by atoms with Crippen LogP contribution in [0.4, 0.5) is 5.69 Å². The van der Waals surface area contributed by atoms with E-state index in [0.717, 1.165) is 5.69 Å². The summed E-state index contributed by atoms with van der Waals surface area (Å²) in [6, 6.07) is 7.56. The molecule has 0 fully saturated rings. The first-order valence-electron chi connectivity index (χ1n) is 6.36. The Kier molecular flexibility index (Phi) is 6.02. The molecule has 0 spiro atoms. The van der Waals surface area contributed by atoms with E-state index in [1.54, 1.807) is 12.3 Å². The van der Waals surface area contributed by atoms with Crippen LogP contribution in [0.1, 0.15) is 31.1 Å². The summed E-state index contributed by atoms with van der Waals surface area (Å²) >= 11 is 0. The second-order valence-electron chi connectivity index (χ2n) is 4.96. The van der Waals surface area contributed by atoms with Gasteiger partial charge in [-0.25, -0.2) is 0 Å². The maximum atomic E-state index is 12.2. The van der Waals surface area contributed by atoms with E-state index in [1.165, 1.54) is 0 Å². The van der Waals surface area contributed by atoms with Crippen molar-refractivity contribution in [2.24, 2.45) is 0 Å². The first-order chi connectivity index (χ1) is 8.90. The van der Waals surface area contributed by atoms with Crippen molar-refractivity contribution in [2.45, 2.75) is 32.9 Å². The molecule has 2 unspecified atom stereocenters. The van der Waals surface area contributed by atoms with Crippen molar-refractivity contribution in [3.8, 4) is 0 Å². The van der Waals surface area contributed by atoms with Crippen molar-refractivity contribution in [2.75, 3.05) is 17.3 Å². The largest absolute Gasteiger partial charge is 0.382 e. The van der Waals surface area contributed by atoms with Gasteiger partial charge in [0.2, 0.25) is 0 Å². The minimum atomic E-state index is -0.913. The Morgan fingerprint density at radius 3 is 2.47 bits per heavy atom. The van der Waals surface area contributed by atoms with E-state index >= 15 is 0 Å². The van der Waals surface area contributed by atoms with Crippen molar-refractivity contribution in [3.05, 3.63) is 29.8 Å². The van der Waals surface area contributed by atoms with Gasteiger partial charge in [-0.15, -0.1) is 0 Å². The number of carbonyl (C=O) groups is 1. The molecule has 0 saturated carbocycles. The highest BCUT2D eigenvalue weighted by molar-refractivity contribution is 7.84. The summed E-state index contributed by atoms with van der Waals surface area (Å²) in [5, 5.41) is 6.12. The Labute approximate surface area is 117 Å². The van der Waals surface area contributed by atoms with Gasteiger partial charge in [-0.1, -0.05) is 12.1 Å². The monoisotopic (exact) mass is 282 g/mol. The average Bonchev–Trinajstić information content (AvgIpc) is 2.27. The lowest BCUT2D eigenvalue weighted by Gasteiger charge is -2.17. The van der Waals surface area contributed by atoms with Crippen LogP contribution in [0.15, 0.2) is 24.3 Å². The molecule has 106 valence electrons. The van der Waals surface area contributed by atoms with Crippen LogP contribution in [0.25, 0.3) is 0 Å². The summed E-state index contributed by atoms with van der Waals surface area (Å²) < 4.78 is 11.1. The third kappa shape index (κ3) is 5.42. The molecule has 0 radical (unpaired) electrons. The predicted molar refractivity (Wildman–Crippen MR) is 81.1 cm³/mol. The molecule has 2 atom stereocenters. The fourth-order valence-corrected chi connectivity index (χ4v) is 2.60. The Balaban J connectivity index is 2.78. The van der Waals surface area contributed by atoms with Crippen LogP contribution < -0.4 is 10.6 Å². The van der Waals surface area contributed by atoms with Crippen molar-refractivity contribution < 1.29 is 9.00 Å². The van der Waals surface area contributed by atoms with Gasteiger partial charge in [-0.05, 0) is 32.9 Å². The molecule has 0 saturated heterocycles. The third-order valence-electron chi connectivity index (χ3n) is 2.48. The number of benzene rings is 1. The Bertz CT molecular complexity index is 461. The van der Waals surface area contributed by atoms with Gasteiger partial charge in [0.15, 0.2) is 0 Å². The Morgan fingerprint density at radius 2 is 1.89 bits per heavy atom. The van der Waals surface area contributed by atoms with Crippen molar-refractivity contribution in [1.82, 2.24) is 5.32 Å². The van der Waals surface area contributed by atoms with E-state index in [9.17, 15) is 9.00 Å². The highest BCUT2D eigenvalue weighted by atomic mass is 32.2. The van der Waals surface area contributed by atoms with Crippen molar-refractivity contribution >= 4 is 22.4 Å². The summed E-state index contributed by atoms with van der Waals surface area (Å²) in [5.41, 5.74) is 1.43. The first kappa shape index (κ1) is 15.7. The van der Waals surface area contributed by atoms with E-state index in [2.05, 4.69) is 10.6 Å². The second kappa shape index (κ2) is 7.28. The van der Waals surface area contributed by atoms with Gasteiger partial charge < -0.3 is 10.6 Å². The molecule has 0 bridgehead atoms. The number of amides is 1. The zero-order chi connectivity index (χ0) is 14.4. The average molecular weight is 282 g/mol. The quantitative estimate of drug-likeness (QED) is 0.839. The molecule has 0 aliphatic carbocycles. The summed E-state index contributed by atoms with van der Waals surface area (Å²) in [4.78, 5) is 12.2. The van der Waals surface area contributed by atoms with Gasteiger partial charge >= 0.3 is 0 Å². The zero-order valence-electron chi connectivity index (χ0n) is 11.9. The maximum absolute atomic E-state index is 12.2. The molecule has 5 heteroatoms. The molecule has 0 aromatic heterocycles. The third-order valence-corrected chi connectivity index (χ3v) is 3.45. The number of carbonyl (C=O) groups excluding carboxylic acids is 1. The van der Waals surface area contributed by atoms with Gasteiger partial charge in [0.1, 0.15) is 0 Å². The number of anilines is 1. The van der Waals surface area contributed by atoms with E-state index in [0.29, 0.717) is 11.3 Å². The molecule has 0 heterocycles. The molecule has 1 amide bonds. The van der Waals surface area contributed by atoms with Crippen LogP contribution >= 0.6 is 0 Å². The van der Waals surface area contributed by atoms with Crippen LogP contribution in [0, 0.1) is 0 Å². The molecular weight excluding hydrogens is 260 g/mol. The molecule has 0 aliphatic heterocycles. The fourth-order valence-electron chi connectivity index (χ4n) is 1.81. The zero-order valence-corrected chi connectivity index (χ0v) is 12.7. The van der Waals surface area contributed by atoms with Crippen LogP contribution in [0.3, 0.4) is 0 Å². The molecular formula is C14H22N2O2S. The van der Waals surface area contributed by atoms with E-state index in [4.69, 9.17) is 0 Å². The van der Waals surface area contributed by atoms with Crippen LogP contribution in [-0.2, 0) is 10.8 Å². The number of nitrogens with one attached hydrogen (secondary N) is 2. The SMILES string of the molecule is CC(C)Nc1ccccc1C(=O)NC(C)CS(C)=O. The highest BCUT2D eigenvalue weighted by Gasteiger charge is 2.14. The lowest BCUT2D eigenvalue weighted by molar-refractivity contribution is 0.0944. The normalized spacial score (nSPS) is 13.9. The second-order valence-corrected chi connectivity index (χ2v) is 6.44. The first-order valence-corrected chi connectivity index (χ1v) is 8.09. The molecule has 1 rings (SSSR count). The summed E-state index contributed by atoms with van der Waals surface area (Å²) in [6.45, 7) is 5.91. The minimum Gasteiger partial charge on any atom is -0.382 e. The predicted octanol–water partition coefficient (Wildman–Crippen LogP) is 2.00. The van der Waals surface area contributed by atoms with Gasteiger partial charge in [0.05, 0.1) is 5.56 Å². The smallest absolute Gasteiger partial charge is 0.253 e. The van der Waals surface area contributed by atoms with Gasteiger partial charge in [-0.2, -0.15) is 0 Å². The molecule has 4 nitrogen and oxygen atoms in total. The summed E-state index contributed by atoms with van der Waals surface area (Å²) in [6.07, 6.45) is 1.64. The lowest BCUT2D eigenvalue weighted by atomic mass is 10.1. The number of hydrogen-bond donors (Lipinski definition) is 2. The molecule has 1 aromatic carbocycles. The molecule has 0 aliphatic rings.